The predicted molar refractivity (Wildman–Crippen MR) is 123 cm³/mol. The third kappa shape index (κ3) is 8.58. The lowest BCUT2D eigenvalue weighted by molar-refractivity contribution is -0.139. The van der Waals surface area contributed by atoms with E-state index in [-0.39, 0.29) is 18.5 Å². The number of hydrogen-bond acceptors (Lipinski definition) is 5. The molecule has 8 nitrogen and oxygen atoms in total. The first-order valence-electron chi connectivity index (χ1n) is 10.9. The Labute approximate surface area is 191 Å². The molecule has 0 fully saturated rings. The first-order valence-corrected chi connectivity index (χ1v) is 10.9. The fourth-order valence-corrected chi connectivity index (χ4v) is 3.20. The number of carbonyl (C=O) groups is 3. The van der Waals surface area contributed by atoms with Gasteiger partial charge in [-0.3, -0.25) is 9.59 Å². The maximum absolute atomic E-state index is 13.2. The quantitative estimate of drug-likeness (QED) is 0.566. The highest BCUT2D eigenvalue weighted by Gasteiger charge is 2.32. The molecule has 0 bridgehead atoms. The van der Waals surface area contributed by atoms with Gasteiger partial charge in [-0.2, -0.15) is 5.26 Å². The molecule has 0 heterocycles. The minimum atomic E-state index is -0.999. The summed E-state index contributed by atoms with van der Waals surface area (Å²) in [5.74, 6) is -0.922. The SMILES string of the molecule is CCCC(C)NC(=O)C(c1ccc(C)c(C)c1)N(CC#N)C(=O)CNC(=O)OC(C)(C)C. The Kier molecular flexibility index (Phi) is 10.2. The summed E-state index contributed by atoms with van der Waals surface area (Å²) >= 11 is 0. The average molecular weight is 445 g/mol. The van der Waals surface area contributed by atoms with E-state index < -0.39 is 30.2 Å². The number of carbonyl (C=O) groups excluding carboxylic acids is 3. The normalized spacial score (nSPS) is 12.8. The molecule has 1 rings (SSSR count). The number of hydrogen-bond donors (Lipinski definition) is 2. The second kappa shape index (κ2) is 12.1. The molecule has 0 saturated heterocycles. The highest BCUT2D eigenvalue weighted by atomic mass is 16.6. The van der Waals surface area contributed by atoms with Crippen molar-refractivity contribution >= 4 is 17.9 Å². The Balaban J connectivity index is 3.21. The van der Waals surface area contributed by atoms with Crippen molar-refractivity contribution in [2.75, 3.05) is 13.1 Å². The molecule has 2 N–H and O–H groups in total. The van der Waals surface area contributed by atoms with Crippen LogP contribution in [0.15, 0.2) is 18.2 Å². The smallest absolute Gasteiger partial charge is 0.408 e. The molecule has 176 valence electrons. The van der Waals surface area contributed by atoms with E-state index in [1.165, 1.54) is 4.90 Å². The van der Waals surface area contributed by atoms with Gasteiger partial charge in [0.2, 0.25) is 11.8 Å². The fourth-order valence-electron chi connectivity index (χ4n) is 3.20. The van der Waals surface area contributed by atoms with Crippen molar-refractivity contribution in [1.29, 1.82) is 5.26 Å². The van der Waals surface area contributed by atoms with Crippen LogP contribution >= 0.6 is 0 Å². The lowest BCUT2D eigenvalue weighted by Crippen LogP contribution is -2.49. The van der Waals surface area contributed by atoms with Crippen molar-refractivity contribution in [1.82, 2.24) is 15.5 Å². The molecule has 2 unspecified atom stereocenters. The van der Waals surface area contributed by atoms with Crippen LogP contribution < -0.4 is 10.6 Å². The van der Waals surface area contributed by atoms with Gasteiger partial charge in [0.25, 0.3) is 0 Å². The van der Waals surface area contributed by atoms with E-state index >= 15 is 0 Å². The van der Waals surface area contributed by atoms with Crippen LogP contribution in [0.3, 0.4) is 0 Å². The van der Waals surface area contributed by atoms with Crippen LogP contribution in [0.1, 0.15) is 70.2 Å². The van der Waals surface area contributed by atoms with E-state index in [1.54, 1.807) is 26.8 Å². The Hall–Kier alpha value is -3.08. The molecule has 0 aliphatic carbocycles. The van der Waals surface area contributed by atoms with Gasteiger partial charge in [0.15, 0.2) is 0 Å². The lowest BCUT2D eigenvalue weighted by Gasteiger charge is -2.31. The zero-order valence-corrected chi connectivity index (χ0v) is 20.2. The molecule has 0 aliphatic heterocycles. The van der Waals surface area contributed by atoms with Gasteiger partial charge in [0.05, 0.1) is 6.07 Å². The molecule has 0 aromatic heterocycles. The first kappa shape index (κ1) is 27.0. The average Bonchev–Trinajstić information content (AvgIpc) is 2.67. The summed E-state index contributed by atoms with van der Waals surface area (Å²) < 4.78 is 5.16. The Morgan fingerprint density at radius 1 is 1.19 bits per heavy atom. The Bertz CT molecular complexity index is 855. The molecule has 0 radical (unpaired) electrons. The van der Waals surface area contributed by atoms with Gasteiger partial charge in [-0.1, -0.05) is 31.5 Å². The van der Waals surface area contributed by atoms with E-state index in [2.05, 4.69) is 10.6 Å². The highest BCUT2D eigenvalue weighted by molar-refractivity contribution is 5.90. The molecule has 1 aromatic carbocycles. The molecule has 0 aliphatic rings. The van der Waals surface area contributed by atoms with Crippen LogP contribution in [0.2, 0.25) is 0 Å². The van der Waals surface area contributed by atoms with Crippen molar-refractivity contribution < 1.29 is 19.1 Å². The molecular formula is C24H36N4O4. The number of ether oxygens (including phenoxy) is 1. The van der Waals surface area contributed by atoms with E-state index in [9.17, 15) is 19.6 Å². The summed E-state index contributed by atoms with van der Waals surface area (Å²) in [5, 5.41) is 14.7. The van der Waals surface area contributed by atoms with Crippen LogP contribution in [0.4, 0.5) is 4.79 Å². The van der Waals surface area contributed by atoms with Gasteiger partial charge < -0.3 is 20.3 Å². The van der Waals surface area contributed by atoms with Crippen LogP contribution in [0.5, 0.6) is 0 Å². The number of amides is 3. The molecule has 0 spiro atoms. The van der Waals surface area contributed by atoms with Gasteiger partial charge in [0, 0.05) is 6.04 Å². The maximum atomic E-state index is 13.2. The van der Waals surface area contributed by atoms with E-state index in [1.807, 2.05) is 45.9 Å². The fraction of sp³-hybridized carbons (Fsp3) is 0.583. The van der Waals surface area contributed by atoms with E-state index in [4.69, 9.17) is 4.74 Å². The van der Waals surface area contributed by atoms with Crippen molar-refractivity contribution in [2.24, 2.45) is 0 Å². The number of nitrogens with zero attached hydrogens (tertiary/aromatic N) is 2. The molecule has 2 atom stereocenters. The van der Waals surface area contributed by atoms with Crippen LogP contribution in [0, 0.1) is 25.2 Å². The van der Waals surface area contributed by atoms with Crippen molar-refractivity contribution in [3.8, 4) is 6.07 Å². The summed E-state index contributed by atoms with van der Waals surface area (Å²) in [6, 6.07) is 6.40. The molecule has 3 amide bonds. The second-order valence-corrected chi connectivity index (χ2v) is 8.98. The number of rotatable bonds is 9. The number of alkyl carbamates (subject to hydrolysis) is 1. The Morgan fingerprint density at radius 2 is 1.84 bits per heavy atom. The minimum absolute atomic E-state index is 0.0829. The van der Waals surface area contributed by atoms with Gasteiger partial charge in [-0.05, 0) is 64.7 Å². The van der Waals surface area contributed by atoms with Crippen molar-refractivity contribution in [3.05, 3.63) is 34.9 Å². The second-order valence-electron chi connectivity index (χ2n) is 8.98. The molecule has 8 heteroatoms. The molecule has 0 saturated carbocycles. The third-order valence-electron chi connectivity index (χ3n) is 4.86. The highest BCUT2D eigenvalue weighted by Crippen LogP contribution is 2.24. The van der Waals surface area contributed by atoms with Crippen molar-refractivity contribution in [2.45, 2.75) is 79.0 Å². The molecule has 1 aromatic rings. The first-order chi connectivity index (χ1) is 14.9. The number of nitrogens with one attached hydrogen (secondary N) is 2. The largest absolute Gasteiger partial charge is 0.444 e. The molecule has 32 heavy (non-hydrogen) atoms. The van der Waals surface area contributed by atoms with E-state index in [0.717, 1.165) is 24.0 Å². The third-order valence-corrected chi connectivity index (χ3v) is 4.86. The summed E-state index contributed by atoms with van der Waals surface area (Å²) in [6.07, 6.45) is 0.945. The van der Waals surface area contributed by atoms with Gasteiger partial charge in [-0.15, -0.1) is 0 Å². The molecular weight excluding hydrogens is 408 g/mol. The topological polar surface area (TPSA) is 112 Å². The zero-order chi connectivity index (χ0) is 24.5. The Morgan fingerprint density at radius 3 is 2.38 bits per heavy atom. The van der Waals surface area contributed by atoms with Crippen LogP contribution in [-0.2, 0) is 14.3 Å². The number of nitriles is 1. The summed E-state index contributed by atoms with van der Waals surface area (Å²) in [4.78, 5) is 39.4. The van der Waals surface area contributed by atoms with Crippen LogP contribution in [0.25, 0.3) is 0 Å². The van der Waals surface area contributed by atoms with Crippen LogP contribution in [-0.4, -0.2) is 47.5 Å². The van der Waals surface area contributed by atoms with E-state index in [0.29, 0.717) is 5.56 Å². The monoisotopic (exact) mass is 444 g/mol. The number of aryl methyl sites for hydroxylation is 2. The minimum Gasteiger partial charge on any atom is -0.444 e. The summed E-state index contributed by atoms with van der Waals surface area (Å²) in [6.45, 7) is 12.3. The van der Waals surface area contributed by atoms with Gasteiger partial charge in [-0.25, -0.2) is 4.79 Å². The standard InChI is InChI=1S/C24H36N4O4/c1-8-9-18(4)27-22(30)21(19-11-10-16(2)17(3)14-19)28(13-12-25)20(29)15-26-23(31)32-24(5,6)7/h10-11,14,18,21H,8-9,13,15H2,1-7H3,(H,26,31)(H,27,30). The number of benzene rings is 1. The van der Waals surface area contributed by atoms with Gasteiger partial charge in [0.1, 0.15) is 24.7 Å². The lowest BCUT2D eigenvalue weighted by atomic mass is 9.98. The summed E-state index contributed by atoms with van der Waals surface area (Å²) in [7, 11) is 0. The van der Waals surface area contributed by atoms with Crippen molar-refractivity contribution in [3.63, 3.8) is 0 Å². The zero-order valence-electron chi connectivity index (χ0n) is 20.2. The maximum Gasteiger partial charge on any atom is 0.408 e. The summed E-state index contributed by atoms with van der Waals surface area (Å²) in [5.41, 5.74) is 1.92. The predicted octanol–water partition coefficient (Wildman–Crippen LogP) is 3.53. The van der Waals surface area contributed by atoms with Gasteiger partial charge >= 0.3 is 6.09 Å².